The molecule has 0 bridgehead atoms. The minimum atomic E-state index is -0.479. The SMILES string of the molecule is CCn1c(SC(C)C(=O)Nc2c(Cl)cc(Cl)cc2Cl)nnc1-c1ccccc1OC. The molecule has 0 aliphatic heterocycles. The molecule has 1 amide bonds. The van der Waals surface area contributed by atoms with Crippen LogP contribution in [0.2, 0.25) is 15.1 Å². The summed E-state index contributed by atoms with van der Waals surface area (Å²) in [5.74, 6) is 1.11. The summed E-state index contributed by atoms with van der Waals surface area (Å²) < 4.78 is 7.38. The second-order valence-corrected chi connectivity index (χ2v) is 8.80. The van der Waals surface area contributed by atoms with Crippen LogP contribution >= 0.6 is 46.6 Å². The van der Waals surface area contributed by atoms with Crippen molar-refractivity contribution in [3.05, 3.63) is 51.5 Å². The number of hydrogen-bond donors (Lipinski definition) is 1. The van der Waals surface area contributed by atoms with Crippen molar-refractivity contribution in [2.75, 3.05) is 12.4 Å². The van der Waals surface area contributed by atoms with Crippen molar-refractivity contribution in [1.29, 1.82) is 0 Å². The number of nitrogens with zero attached hydrogens (tertiary/aromatic N) is 3. The lowest BCUT2D eigenvalue weighted by Gasteiger charge is -2.15. The fourth-order valence-corrected chi connectivity index (χ4v) is 4.61. The minimum absolute atomic E-state index is 0.268. The van der Waals surface area contributed by atoms with Crippen molar-refractivity contribution in [3.8, 4) is 17.1 Å². The molecule has 0 radical (unpaired) electrons. The van der Waals surface area contributed by atoms with Crippen molar-refractivity contribution in [1.82, 2.24) is 14.8 Å². The Morgan fingerprint density at radius 1 is 1.20 bits per heavy atom. The molecule has 1 heterocycles. The van der Waals surface area contributed by atoms with Gasteiger partial charge in [-0.15, -0.1) is 10.2 Å². The Bertz CT molecular complexity index is 1050. The maximum absolute atomic E-state index is 12.7. The number of hydrogen-bond acceptors (Lipinski definition) is 5. The van der Waals surface area contributed by atoms with Crippen LogP contribution in [0.3, 0.4) is 0 Å². The Kier molecular flexibility index (Phi) is 7.52. The normalized spacial score (nSPS) is 11.9. The molecule has 0 fully saturated rings. The molecule has 0 saturated heterocycles. The number of benzene rings is 2. The molecule has 3 rings (SSSR count). The zero-order valence-electron chi connectivity index (χ0n) is 16.4. The van der Waals surface area contributed by atoms with E-state index < -0.39 is 5.25 Å². The first-order valence-electron chi connectivity index (χ1n) is 9.04. The Hall–Kier alpha value is -1.93. The molecule has 1 aromatic heterocycles. The predicted molar refractivity (Wildman–Crippen MR) is 123 cm³/mol. The molecule has 158 valence electrons. The number of para-hydroxylation sites is 1. The molecule has 10 heteroatoms. The van der Waals surface area contributed by atoms with Crippen LogP contribution in [-0.2, 0) is 11.3 Å². The fraction of sp³-hybridized carbons (Fsp3) is 0.250. The van der Waals surface area contributed by atoms with Crippen molar-refractivity contribution < 1.29 is 9.53 Å². The molecule has 6 nitrogen and oxygen atoms in total. The van der Waals surface area contributed by atoms with Gasteiger partial charge in [-0.1, -0.05) is 58.7 Å². The highest BCUT2D eigenvalue weighted by Gasteiger charge is 2.23. The largest absolute Gasteiger partial charge is 0.496 e. The summed E-state index contributed by atoms with van der Waals surface area (Å²) in [7, 11) is 1.61. The molecular formula is C20H19Cl3N4O2S. The lowest BCUT2D eigenvalue weighted by atomic mass is 10.2. The third-order valence-electron chi connectivity index (χ3n) is 4.29. The first-order valence-corrected chi connectivity index (χ1v) is 11.1. The standard InChI is InChI=1S/C20H19Cl3N4O2S/c1-4-27-18(13-7-5-6-8-16(13)29-3)25-26-20(27)30-11(2)19(28)24-17-14(22)9-12(21)10-15(17)23/h5-11H,4H2,1-3H3,(H,24,28). The number of thioether (sulfide) groups is 1. The Morgan fingerprint density at radius 2 is 1.87 bits per heavy atom. The molecule has 0 aliphatic rings. The summed E-state index contributed by atoms with van der Waals surface area (Å²) >= 11 is 19.5. The topological polar surface area (TPSA) is 69.0 Å². The van der Waals surface area contributed by atoms with E-state index >= 15 is 0 Å². The van der Waals surface area contributed by atoms with Crippen LogP contribution in [0, 0.1) is 0 Å². The molecule has 1 atom stereocenters. The summed E-state index contributed by atoms with van der Waals surface area (Å²) in [6.07, 6.45) is 0. The van der Waals surface area contributed by atoms with Crippen LogP contribution in [0.25, 0.3) is 11.4 Å². The summed E-state index contributed by atoms with van der Waals surface area (Å²) in [5.41, 5.74) is 1.16. The van der Waals surface area contributed by atoms with Crippen LogP contribution in [0.4, 0.5) is 5.69 Å². The van der Waals surface area contributed by atoms with Gasteiger partial charge in [-0.3, -0.25) is 4.79 Å². The van der Waals surface area contributed by atoms with Crippen molar-refractivity contribution >= 4 is 58.2 Å². The number of nitrogens with one attached hydrogen (secondary N) is 1. The monoisotopic (exact) mass is 484 g/mol. The molecule has 30 heavy (non-hydrogen) atoms. The van der Waals surface area contributed by atoms with Gasteiger partial charge in [0, 0.05) is 11.6 Å². The zero-order chi connectivity index (χ0) is 21.8. The zero-order valence-corrected chi connectivity index (χ0v) is 19.5. The van der Waals surface area contributed by atoms with Crippen LogP contribution in [0.1, 0.15) is 13.8 Å². The second kappa shape index (κ2) is 9.92. The van der Waals surface area contributed by atoms with Gasteiger partial charge >= 0.3 is 0 Å². The third-order valence-corrected chi connectivity index (χ3v) is 6.18. The van der Waals surface area contributed by atoms with E-state index in [0.29, 0.717) is 34.0 Å². The van der Waals surface area contributed by atoms with Gasteiger partial charge in [-0.25, -0.2) is 0 Å². The number of rotatable bonds is 7. The number of methoxy groups -OCH3 is 1. The van der Waals surface area contributed by atoms with Crippen molar-refractivity contribution in [2.24, 2.45) is 0 Å². The second-order valence-electron chi connectivity index (χ2n) is 6.24. The Morgan fingerprint density at radius 3 is 2.50 bits per heavy atom. The quantitative estimate of drug-likeness (QED) is 0.412. The van der Waals surface area contributed by atoms with Gasteiger partial charge in [-0.2, -0.15) is 0 Å². The molecule has 1 unspecified atom stereocenters. The molecular weight excluding hydrogens is 467 g/mol. The van der Waals surface area contributed by atoms with Crippen LogP contribution < -0.4 is 10.1 Å². The molecule has 0 saturated carbocycles. The lowest BCUT2D eigenvalue weighted by Crippen LogP contribution is -2.23. The third kappa shape index (κ3) is 4.86. The van der Waals surface area contributed by atoms with E-state index in [-0.39, 0.29) is 16.0 Å². The Labute approximate surface area is 193 Å². The van der Waals surface area contributed by atoms with Crippen LogP contribution in [0.5, 0.6) is 5.75 Å². The number of amides is 1. The predicted octanol–water partition coefficient (Wildman–Crippen LogP) is 6.05. The molecule has 1 N–H and O–H groups in total. The first kappa shape index (κ1) is 22.7. The average Bonchev–Trinajstić information content (AvgIpc) is 3.12. The molecule has 0 spiro atoms. The molecule has 2 aromatic carbocycles. The van der Waals surface area contributed by atoms with E-state index in [0.717, 1.165) is 5.56 Å². The van der Waals surface area contributed by atoms with Crippen LogP contribution in [-0.4, -0.2) is 33.0 Å². The lowest BCUT2D eigenvalue weighted by molar-refractivity contribution is -0.115. The Balaban J connectivity index is 1.81. The highest BCUT2D eigenvalue weighted by Crippen LogP contribution is 2.35. The smallest absolute Gasteiger partial charge is 0.237 e. The number of halogens is 3. The maximum Gasteiger partial charge on any atom is 0.237 e. The van der Waals surface area contributed by atoms with E-state index in [1.165, 1.54) is 23.9 Å². The summed E-state index contributed by atoms with van der Waals surface area (Å²) in [4.78, 5) is 12.7. The van der Waals surface area contributed by atoms with Gasteiger partial charge in [0.05, 0.1) is 33.7 Å². The number of carbonyl (C=O) groups is 1. The fourth-order valence-electron chi connectivity index (χ4n) is 2.79. The highest BCUT2D eigenvalue weighted by molar-refractivity contribution is 8.00. The first-order chi connectivity index (χ1) is 14.3. The number of anilines is 1. The van der Waals surface area contributed by atoms with Gasteiger partial charge < -0.3 is 14.6 Å². The average molecular weight is 486 g/mol. The van der Waals surface area contributed by atoms with Gasteiger partial charge in [0.1, 0.15) is 5.75 Å². The van der Waals surface area contributed by atoms with E-state index in [1.54, 1.807) is 14.0 Å². The van der Waals surface area contributed by atoms with E-state index in [2.05, 4.69) is 15.5 Å². The van der Waals surface area contributed by atoms with Crippen LogP contribution in [0.15, 0.2) is 41.6 Å². The van der Waals surface area contributed by atoms with E-state index in [1.807, 2.05) is 35.8 Å². The molecule has 0 aliphatic carbocycles. The summed E-state index contributed by atoms with van der Waals surface area (Å²) in [5, 5.41) is 12.4. The maximum atomic E-state index is 12.7. The van der Waals surface area contributed by atoms with E-state index in [4.69, 9.17) is 39.5 Å². The number of carbonyl (C=O) groups excluding carboxylic acids is 1. The van der Waals surface area contributed by atoms with Gasteiger partial charge in [0.15, 0.2) is 11.0 Å². The minimum Gasteiger partial charge on any atom is -0.496 e. The van der Waals surface area contributed by atoms with Gasteiger partial charge in [0.2, 0.25) is 5.91 Å². The van der Waals surface area contributed by atoms with Gasteiger partial charge in [0.25, 0.3) is 0 Å². The van der Waals surface area contributed by atoms with Crippen molar-refractivity contribution in [3.63, 3.8) is 0 Å². The number of aromatic nitrogens is 3. The van der Waals surface area contributed by atoms with Crippen molar-refractivity contribution in [2.45, 2.75) is 30.8 Å². The summed E-state index contributed by atoms with van der Waals surface area (Å²) in [6, 6.07) is 10.6. The van der Waals surface area contributed by atoms with E-state index in [9.17, 15) is 4.79 Å². The highest BCUT2D eigenvalue weighted by atomic mass is 35.5. The number of ether oxygens (including phenoxy) is 1. The molecule has 3 aromatic rings. The summed E-state index contributed by atoms with van der Waals surface area (Å²) in [6.45, 7) is 4.39. The van der Waals surface area contributed by atoms with Gasteiger partial charge in [-0.05, 0) is 38.1 Å².